The van der Waals surface area contributed by atoms with E-state index in [1.165, 1.54) is 28.6 Å². The third kappa shape index (κ3) is 7.50. The van der Waals surface area contributed by atoms with E-state index in [1.807, 2.05) is 6.92 Å². The van der Waals surface area contributed by atoms with Gasteiger partial charge >= 0.3 is 0 Å². The molecule has 2 aromatic rings. The first-order chi connectivity index (χ1) is 16.6. The lowest BCUT2D eigenvalue weighted by Gasteiger charge is -2.15. The fraction of sp³-hybridized carbons (Fsp3) is 0.458. The van der Waals surface area contributed by atoms with Crippen molar-refractivity contribution in [2.24, 2.45) is 0 Å². The highest BCUT2D eigenvalue weighted by atomic mass is 32.2. The lowest BCUT2D eigenvalue weighted by atomic mass is 10.1. The van der Waals surface area contributed by atoms with E-state index in [1.54, 1.807) is 31.2 Å². The van der Waals surface area contributed by atoms with E-state index in [0.29, 0.717) is 38.2 Å². The summed E-state index contributed by atoms with van der Waals surface area (Å²) in [6, 6.07) is 12.5. The summed E-state index contributed by atoms with van der Waals surface area (Å²) in [6.45, 7) is 4.99. The summed E-state index contributed by atoms with van der Waals surface area (Å²) in [4.78, 5) is 12.5. The van der Waals surface area contributed by atoms with E-state index in [2.05, 4.69) is 10.0 Å². The van der Waals surface area contributed by atoms with Gasteiger partial charge in [0.15, 0.2) is 6.61 Å². The molecule has 9 nitrogen and oxygen atoms in total. The number of hydrogen-bond acceptors (Lipinski definition) is 6. The van der Waals surface area contributed by atoms with Gasteiger partial charge in [0.25, 0.3) is 5.91 Å². The Morgan fingerprint density at radius 3 is 2.17 bits per heavy atom. The molecule has 35 heavy (non-hydrogen) atoms. The van der Waals surface area contributed by atoms with Crippen LogP contribution >= 0.6 is 0 Å². The summed E-state index contributed by atoms with van der Waals surface area (Å²) in [5.41, 5.74) is 0.911. The summed E-state index contributed by atoms with van der Waals surface area (Å²) in [6.07, 6.45) is 3.01. The molecule has 1 atom stereocenters. The van der Waals surface area contributed by atoms with Crippen LogP contribution in [0.25, 0.3) is 0 Å². The maximum absolute atomic E-state index is 12.6. The maximum atomic E-state index is 12.6. The Kier molecular flexibility index (Phi) is 9.28. The van der Waals surface area contributed by atoms with Gasteiger partial charge in [0.05, 0.1) is 9.79 Å². The van der Waals surface area contributed by atoms with Crippen LogP contribution < -0.4 is 14.8 Å². The number of benzene rings is 2. The first-order valence-corrected chi connectivity index (χ1v) is 14.6. The fourth-order valence-corrected chi connectivity index (χ4v) is 6.43. The van der Waals surface area contributed by atoms with Gasteiger partial charge in [-0.05, 0) is 74.6 Å². The number of carbonyl (C=O) groups excluding carboxylic acids is 1. The van der Waals surface area contributed by atoms with Gasteiger partial charge in [-0.1, -0.05) is 19.1 Å². The zero-order valence-corrected chi connectivity index (χ0v) is 21.7. The van der Waals surface area contributed by atoms with Crippen LogP contribution in [-0.4, -0.2) is 59.3 Å². The average Bonchev–Trinajstić information content (AvgIpc) is 3.39. The van der Waals surface area contributed by atoms with Gasteiger partial charge in [-0.2, -0.15) is 4.31 Å². The van der Waals surface area contributed by atoms with Gasteiger partial charge < -0.3 is 10.1 Å². The zero-order chi connectivity index (χ0) is 25.5. The molecule has 1 amide bonds. The number of nitrogens with one attached hydrogen (secondary N) is 2. The van der Waals surface area contributed by atoms with Gasteiger partial charge in [0.2, 0.25) is 20.0 Å². The smallest absolute Gasteiger partial charge is 0.257 e. The highest BCUT2D eigenvalue weighted by Gasteiger charge is 2.26. The molecule has 0 aromatic heterocycles. The number of nitrogens with zero attached hydrogens (tertiary/aromatic N) is 1. The standard InChI is InChI=1S/C24H33N3O6S2/c1-3-19(2)26-34(29,30)22-12-8-21(9-13-22)33-18-24(28)25-15-14-20-6-10-23(11-7-20)35(31,32)27-16-4-5-17-27/h6-13,19,26H,3-5,14-18H2,1-2H3,(H,25,28)/t19-/m1/s1. The molecule has 0 unspecified atom stereocenters. The zero-order valence-electron chi connectivity index (χ0n) is 20.1. The van der Waals surface area contributed by atoms with Crippen LogP contribution in [0.4, 0.5) is 0 Å². The maximum Gasteiger partial charge on any atom is 0.257 e. The monoisotopic (exact) mass is 523 g/mol. The van der Waals surface area contributed by atoms with Crippen molar-refractivity contribution in [1.82, 2.24) is 14.3 Å². The summed E-state index contributed by atoms with van der Waals surface area (Å²) >= 11 is 0. The predicted molar refractivity (Wildman–Crippen MR) is 133 cm³/mol. The van der Waals surface area contributed by atoms with Gasteiger partial charge in [-0.15, -0.1) is 0 Å². The first-order valence-electron chi connectivity index (χ1n) is 11.7. The van der Waals surface area contributed by atoms with Gasteiger partial charge in [0, 0.05) is 25.7 Å². The van der Waals surface area contributed by atoms with Crippen molar-refractivity contribution in [1.29, 1.82) is 0 Å². The first kappa shape index (κ1) is 27.1. The highest BCUT2D eigenvalue weighted by molar-refractivity contribution is 7.89. The van der Waals surface area contributed by atoms with Gasteiger partial charge in [-0.3, -0.25) is 4.79 Å². The molecule has 11 heteroatoms. The fourth-order valence-electron chi connectivity index (χ4n) is 3.58. The lowest BCUT2D eigenvalue weighted by Crippen LogP contribution is -2.32. The van der Waals surface area contributed by atoms with Crippen molar-refractivity contribution in [2.45, 2.75) is 55.4 Å². The molecule has 1 aliphatic rings. The molecule has 0 saturated carbocycles. The second-order valence-electron chi connectivity index (χ2n) is 8.55. The summed E-state index contributed by atoms with van der Waals surface area (Å²) < 4.78 is 59.3. The lowest BCUT2D eigenvalue weighted by molar-refractivity contribution is -0.123. The third-order valence-electron chi connectivity index (χ3n) is 5.83. The minimum atomic E-state index is -3.59. The summed E-state index contributed by atoms with van der Waals surface area (Å²) in [7, 11) is -7.02. The third-order valence-corrected chi connectivity index (χ3v) is 9.35. The summed E-state index contributed by atoms with van der Waals surface area (Å²) in [5, 5.41) is 2.76. The normalized spacial score (nSPS) is 15.6. The quantitative estimate of drug-likeness (QED) is 0.440. The Labute approximate surface area is 208 Å². The predicted octanol–water partition coefficient (Wildman–Crippen LogP) is 2.29. The number of amides is 1. The molecule has 3 rings (SSSR count). The second kappa shape index (κ2) is 12.0. The molecule has 1 saturated heterocycles. The van der Waals surface area contributed by atoms with Crippen LogP contribution in [0, 0.1) is 0 Å². The topological polar surface area (TPSA) is 122 Å². The van der Waals surface area contributed by atoms with E-state index in [-0.39, 0.29) is 28.3 Å². The van der Waals surface area contributed by atoms with E-state index in [9.17, 15) is 21.6 Å². The number of carbonyl (C=O) groups is 1. The number of hydrogen-bond donors (Lipinski definition) is 2. The Balaban J connectivity index is 1.42. The van der Waals surface area contributed by atoms with Crippen LogP contribution in [-0.2, 0) is 31.3 Å². The SMILES string of the molecule is CC[C@@H](C)NS(=O)(=O)c1ccc(OCC(=O)NCCc2ccc(S(=O)(=O)N3CCCC3)cc2)cc1. The van der Waals surface area contributed by atoms with Crippen LogP contribution in [0.15, 0.2) is 58.3 Å². The van der Waals surface area contributed by atoms with Gasteiger partial charge in [-0.25, -0.2) is 21.6 Å². The molecule has 0 aliphatic carbocycles. The van der Waals surface area contributed by atoms with Crippen molar-refractivity contribution in [2.75, 3.05) is 26.2 Å². The van der Waals surface area contributed by atoms with Crippen LogP contribution in [0.2, 0.25) is 0 Å². The number of sulfonamides is 2. The molecular weight excluding hydrogens is 490 g/mol. The van der Waals surface area contributed by atoms with E-state index in [4.69, 9.17) is 4.74 Å². The largest absolute Gasteiger partial charge is 0.484 e. The second-order valence-corrected chi connectivity index (χ2v) is 12.2. The molecule has 2 N–H and O–H groups in total. The van der Waals surface area contributed by atoms with E-state index in [0.717, 1.165) is 18.4 Å². The Morgan fingerprint density at radius 1 is 0.971 bits per heavy atom. The van der Waals surface area contributed by atoms with Crippen LogP contribution in [0.5, 0.6) is 5.75 Å². The van der Waals surface area contributed by atoms with E-state index >= 15 is 0 Å². The molecular formula is C24H33N3O6S2. The minimum Gasteiger partial charge on any atom is -0.484 e. The summed E-state index contributed by atoms with van der Waals surface area (Å²) in [5.74, 6) is 0.0748. The number of rotatable bonds is 12. The van der Waals surface area contributed by atoms with Crippen molar-refractivity contribution < 1.29 is 26.4 Å². The van der Waals surface area contributed by atoms with Crippen molar-refractivity contribution in [3.05, 3.63) is 54.1 Å². The molecule has 1 heterocycles. The van der Waals surface area contributed by atoms with Crippen LogP contribution in [0.1, 0.15) is 38.7 Å². The molecule has 1 fully saturated rings. The molecule has 1 aliphatic heterocycles. The van der Waals surface area contributed by atoms with Crippen LogP contribution in [0.3, 0.4) is 0 Å². The van der Waals surface area contributed by atoms with Crippen molar-refractivity contribution >= 4 is 26.0 Å². The number of ether oxygens (including phenoxy) is 1. The van der Waals surface area contributed by atoms with E-state index < -0.39 is 20.0 Å². The Morgan fingerprint density at radius 2 is 1.57 bits per heavy atom. The van der Waals surface area contributed by atoms with Gasteiger partial charge in [0.1, 0.15) is 5.75 Å². The average molecular weight is 524 g/mol. The molecule has 2 aromatic carbocycles. The van der Waals surface area contributed by atoms with Crippen molar-refractivity contribution in [3.8, 4) is 5.75 Å². The minimum absolute atomic E-state index is 0.133. The Hall–Kier alpha value is -2.47. The molecule has 0 bridgehead atoms. The Bertz CT molecular complexity index is 1190. The molecule has 192 valence electrons. The van der Waals surface area contributed by atoms with Crippen molar-refractivity contribution in [3.63, 3.8) is 0 Å². The molecule has 0 spiro atoms. The highest BCUT2D eigenvalue weighted by Crippen LogP contribution is 2.21. The molecule has 0 radical (unpaired) electrons.